The highest BCUT2D eigenvalue weighted by Crippen LogP contribution is 2.28. The minimum absolute atomic E-state index is 0.0665. The Morgan fingerprint density at radius 1 is 1.05 bits per heavy atom. The molecule has 41 heavy (non-hydrogen) atoms. The van der Waals surface area contributed by atoms with Gasteiger partial charge in [0.15, 0.2) is 12.4 Å². The molecule has 0 radical (unpaired) electrons. The number of benzene rings is 1. The molecule has 13 nitrogen and oxygen atoms in total. The van der Waals surface area contributed by atoms with Crippen molar-refractivity contribution in [3.63, 3.8) is 0 Å². The van der Waals surface area contributed by atoms with Gasteiger partial charge in [-0.1, -0.05) is 33.1 Å². The van der Waals surface area contributed by atoms with Crippen LogP contribution in [0.15, 0.2) is 34.7 Å². The largest absolute Gasteiger partial charge is 0.482 e. The highest BCUT2D eigenvalue weighted by atomic mass is 16.6. The normalized spacial score (nSPS) is 12.0. The molecule has 2 aromatic rings. The van der Waals surface area contributed by atoms with Crippen molar-refractivity contribution < 1.29 is 47.8 Å². The minimum atomic E-state index is -0.699. The third-order valence-electron chi connectivity index (χ3n) is 6.32. The van der Waals surface area contributed by atoms with E-state index in [4.69, 9.17) is 13.9 Å². The van der Waals surface area contributed by atoms with E-state index in [1.54, 1.807) is 6.92 Å². The fraction of sp³-hybridized carbons (Fsp3) is 0.464. The van der Waals surface area contributed by atoms with E-state index < -0.39 is 35.7 Å². The van der Waals surface area contributed by atoms with E-state index in [2.05, 4.69) is 15.4 Å². The van der Waals surface area contributed by atoms with Crippen LogP contribution >= 0.6 is 0 Å². The number of unbranched alkanes of at least 4 members (excludes halogenated alkanes) is 2. The molecule has 13 heteroatoms. The zero-order valence-corrected chi connectivity index (χ0v) is 23.6. The highest BCUT2D eigenvalue weighted by Gasteiger charge is 2.30. The summed E-state index contributed by atoms with van der Waals surface area (Å²) in [5, 5.41) is 15.6. The number of hydroxylamine groups is 2. The van der Waals surface area contributed by atoms with Crippen molar-refractivity contribution in [3.05, 3.63) is 41.7 Å². The molecule has 3 N–H and O–H groups in total. The Morgan fingerprint density at radius 3 is 2.44 bits per heavy atom. The second-order valence-electron chi connectivity index (χ2n) is 9.05. The van der Waals surface area contributed by atoms with E-state index in [1.807, 2.05) is 6.92 Å². The lowest BCUT2D eigenvalue weighted by Gasteiger charge is -2.29. The van der Waals surface area contributed by atoms with Crippen LogP contribution in [0, 0.1) is 5.92 Å². The number of hydrogen-bond donors (Lipinski definition) is 3. The summed E-state index contributed by atoms with van der Waals surface area (Å²) in [6, 6.07) is 6.61. The smallest absolute Gasteiger partial charge is 0.343 e. The van der Waals surface area contributed by atoms with Gasteiger partial charge < -0.3 is 29.3 Å². The zero-order chi connectivity index (χ0) is 30.4. The number of nitrogens with zero attached hydrogens (tertiary/aromatic N) is 1. The number of nitrogens with one attached hydrogen (secondary N) is 2. The fourth-order valence-electron chi connectivity index (χ4n) is 4.15. The third-order valence-corrected chi connectivity index (χ3v) is 6.32. The minimum Gasteiger partial charge on any atom is -0.482 e. The van der Waals surface area contributed by atoms with E-state index in [-0.39, 0.29) is 42.5 Å². The molecule has 3 amide bonds. The van der Waals surface area contributed by atoms with Gasteiger partial charge in [0.25, 0.3) is 5.91 Å². The van der Waals surface area contributed by atoms with E-state index in [0.29, 0.717) is 23.5 Å². The first-order valence-corrected chi connectivity index (χ1v) is 13.2. The molecular weight excluding hydrogens is 538 g/mol. The summed E-state index contributed by atoms with van der Waals surface area (Å²) < 4.78 is 20.4. The number of methoxy groups -OCH3 is 2. The molecule has 0 saturated heterocycles. The van der Waals surface area contributed by atoms with Gasteiger partial charge in [0.05, 0.1) is 38.4 Å². The molecule has 0 aliphatic heterocycles. The van der Waals surface area contributed by atoms with Crippen LogP contribution in [-0.4, -0.2) is 74.0 Å². The van der Waals surface area contributed by atoms with Crippen molar-refractivity contribution in [2.45, 2.75) is 52.0 Å². The van der Waals surface area contributed by atoms with Gasteiger partial charge in [-0.25, -0.2) is 14.7 Å². The summed E-state index contributed by atoms with van der Waals surface area (Å²) in [5.74, 6) is -2.61. The van der Waals surface area contributed by atoms with Crippen LogP contribution in [0.3, 0.4) is 0 Å². The average Bonchev–Trinajstić information content (AvgIpc) is 3.49. The number of hydrogen-bond acceptors (Lipinski definition) is 10. The zero-order valence-electron chi connectivity index (χ0n) is 23.6. The van der Waals surface area contributed by atoms with Crippen LogP contribution in [-0.2, 0) is 23.9 Å². The lowest BCUT2D eigenvalue weighted by molar-refractivity contribution is -0.168. The fourth-order valence-corrected chi connectivity index (χ4v) is 4.15. The molecular formula is C28H37N3O10. The number of furan rings is 1. The summed E-state index contributed by atoms with van der Waals surface area (Å²) in [4.78, 5) is 60.3. The Kier molecular flexibility index (Phi) is 13.3. The summed E-state index contributed by atoms with van der Waals surface area (Å²) in [7, 11) is 2.43. The summed E-state index contributed by atoms with van der Waals surface area (Å²) in [5.41, 5.74) is 0.509. The van der Waals surface area contributed by atoms with E-state index >= 15 is 0 Å². The first-order valence-electron chi connectivity index (χ1n) is 13.2. The van der Waals surface area contributed by atoms with Gasteiger partial charge in [-0.05, 0) is 43.2 Å². The molecule has 0 saturated carbocycles. The summed E-state index contributed by atoms with van der Waals surface area (Å²) in [6.07, 6.45) is 3.69. The first kappa shape index (κ1) is 32.8. The Labute approximate surface area is 238 Å². The van der Waals surface area contributed by atoms with Gasteiger partial charge in [0.1, 0.15) is 11.5 Å². The number of carbonyl (C=O) groups is 5. The molecule has 1 aromatic carbocycles. The number of amides is 3. The molecule has 2 atom stereocenters. The monoisotopic (exact) mass is 575 g/mol. The molecule has 1 unspecified atom stereocenters. The molecule has 0 bridgehead atoms. The van der Waals surface area contributed by atoms with Crippen molar-refractivity contribution in [2.75, 3.05) is 27.5 Å². The van der Waals surface area contributed by atoms with Crippen molar-refractivity contribution in [1.82, 2.24) is 15.7 Å². The highest BCUT2D eigenvalue weighted by molar-refractivity contribution is 5.93. The van der Waals surface area contributed by atoms with Crippen LogP contribution in [0.1, 0.15) is 66.9 Å². The van der Waals surface area contributed by atoms with Crippen LogP contribution < -0.4 is 15.4 Å². The molecule has 224 valence electrons. The second kappa shape index (κ2) is 16.7. The Hall–Kier alpha value is -4.39. The molecule has 0 spiro atoms. The van der Waals surface area contributed by atoms with Crippen LogP contribution in [0.4, 0.5) is 0 Å². The van der Waals surface area contributed by atoms with E-state index in [0.717, 1.165) is 19.3 Å². The summed E-state index contributed by atoms with van der Waals surface area (Å²) in [6.45, 7) is 3.19. The lowest BCUT2D eigenvalue weighted by Crippen LogP contribution is -2.47. The molecule has 0 aliphatic rings. The molecule has 0 fully saturated rings. The maximum atomic E-state index is 12.9. The standard InChI is InChI=1S/C28H37N3O10/c1-5-7-8-9-21(22(6-2)31(37)17-32)26(34)29-16-30-27(35)24-11-10-23(41-24)18-12-19(28(36)39-4)14-20(13-18)40-15-25(33)38-3/h10-14,17,21-22,37H,5-9,15-16H2,1-4H3,(H,29,34)(H,30,35)/t21?,22-/m1/s1. The number of esters is 2. The Bertz CT molecular complexity index is 1200. The SMILES string of the molecule is CCCCCC(C(=O)NCNC(=O)c1ccc(-c2cc(OCC(=O)OC)cc(C(=O)OC)c2)o1)[C@@H](CC)N(O)C=O. The average molecular weight is 576 g/mol. The molecule has 1 aromatic heterocycles. The van der Waals surface area contributed by atoms with Gasteiger partial charge in [-0.15, -0.1) is 0 Å². The van der Waals surface area contributed by atoms with E-state index in [9.17, 15) is 29.2 Å². The van der Waals surface area contributed by atoms with Gasteiger partial charge in [0, 0.05) is 5.56 Å². The Morgan fingerprint density at radius 2 is 1.80 bits per heavy atom. The van der Waals surface area contributed by atoms with E-state index in [1.165, 1.54) is 44.6 Å². The maximum Gasteiger partial charge on any atom is 0.343 e. The lowest BCUT2D eigenvalue weighted by atomic mass is 9.90. The van der Waals surface area contributed by atoms with Gasteiger partial charge in [-0.2, -0.15) is 0 Å². The van der Waals surface area contributed by atoms with Crippen LogP contribution in [0.25, 0.3) is 11.3 Å². The molecule has 2 rings (SSSR count). The van der Waals surface area contributed by atoms with Gasteiger partial charge in [0.2, 0.25) is 12.3 Å². The van der Waals surface area contributed by atoms with Crippen molar-refractivity contribution in [3.8, 4) is 17.1 Å². The van der Waals surface area contributed by atoms with Crippen molar-refractivity contribution >= 4 is 30.2 Å². The number of ether oxygens (including phenoxy) is 3. The Balaban J connectivity index is 2.11. The quantitative estimate of drug-likeness (QED) is 0.0635. The predicted octanol–water partition coefficient (Wildman–Crippen LogP) is 2.91. The topological polar surface area (TPSA) is 174 Å². The predicted molar refractivity (Wildman–Crippen MR) is 145 cm³/mol. The van der Waals surface area contributed by atoms with Crippen LogP contribution in [0.2, 0.25) is 0 Å². The van der Waals surface area contributed by atoms with Gasteiger partial charge >= 0.3 is 11.9 Å². The summed E-state index contributed by atoms with van der Waals surface area (Å²) >= 11 is 0. The maximum absolute atomic E-state index is 12.9. The molecule has 1 heterocycles. The van der Waals surface area contributed by atoms with Crippen LogP contribution in [0.5, 0.6) is 5.75 Å². The first-order chi connectivity index (χ1) is 19.7. The van der Waals surface area contributed by atoms with Gasteiger partial charge in [-0.3, -0.25) is 19.6 Å². The molecule has 0 aliphatic carbocycles. The van der Waals surface area contributed by atoms with Crippen molar-refractivity contribution in [2.24, 2.45) is 5.92 Å². The number of carbonyl (C=O) groups excluding carboxylic acids is 5. The van der Waals surface area contributed by atoms with Crippen molar-refractivity contribution in [1.29, 1.82) is 0 Å². The second-order valence-corrected chi connectivity index (χ2v) is 9.05. The third kappa shape index (κ3) is 9.64. The number of rotatable bonds is 17.